The lowest BCUT2D eigenvalue weighted by Gasteiger charge is -2.02. The molecule has 2 aromatic carbocycles. The third-order valence-corrected chi connectivity index (χ3v) is 3.71. The first-order valence-corrected chi connectivity index (χ1v) is 7.30. The van der Waals surface area contributed by atoms with E-state index in [-0.39, 0.29) is 5.91 Å². The molecule has 0 fully saturated rings. The molecule has 0 saturated heterocycles. The summed E-state index contributed by atoms with van der Waals surface area (Å²) in [6, 6.07) is 14.5. The molecule has 0 aliphatic heterocycles. The highest BCUT2D eigenvalue weighted by Crippen LogP contribution is 2.24. The Morgan fingerprint density at radius 1 is 1.22 bits per heavy atom. The quantitative estimate of drug-likeness (QED) is 0.568. The zero-order valence-electron chi connectivity index (χ0n) is 12.3. The van der Waals surface area contributed by atoms with Crippen LogP contribution < -0.4 is 10.2 Å². The first-order chi connectivity index (χ1) is 11.2. The largest absolute Gasteiger partial charge is 0.497 e. The van der Waals surface area contributed by atoms with Crippen molar-refractivity contribution in [3.05, 3.63) is 64.8 Å². The van der Waals surface area contributed by atoms with Crippen molar-refractivity contribution >= 4 is 34.6 Å². The number of rotatable bonds is 4. The van der Waals surface area contributed by atoms with Crippen molar-refractivity contribution in [1.29, 1.82) is 0 Å². The van der Waals surface area contributed by atoms with E-state index in [1.165, 1.54) is 6.21 Å². The van der Waals surface area contributed by atoms with E-state index in [2.05, 4.69) is 15.5 Å². The van der Waals surface area contributed by atoms with Gasteiger partial charge in [-0.3, -0.25) is 4.79 Å². The van der Waals surface area contributed by atoms with Gasteiger partial charge < -0.3 is 9.72 Å². The van der Waals surface area contributed by atoms with Crippen LogP contribution in [0.25, 0.3) is 10.9 Å². The first-order valence-electron chi connectivity index (χ1n) is 6.92. The van der Waals surface area contributed by atoms with Gasteiger partial charge in [0.2, 0.25) is 0 Å². The van der Waals surface area contributed by atoms with Crippen LogP contribution in [0.3, 0.4) is 0 Å². The molecule has 3 rings (SSSR count). The minimum atomic E-state index is -0.306. The van der Waals surface area contributed by atoms with Crippen LogP contribution >= 0.6 is 11.6 Å². The summed E-state index contributed by atoms with van der Waals surface area (Å²) >= 11 is 6.16. The molecule has 2 N–H and O–H groups in total. The summed E-state index contributed by atoms with van der Waals surface area (Å²) in [6.07, 6.45) is 1.53. The minimum Gasteiger partial charge on any atom is -0.497 e. The molecule has 1 amide bonds. The summed E-state index contributed by atoms with van der Waals surface area (Å²) in [7, 11) is 1.57. The van der Waals surface area contributed by atoms with Crippen molar-refractivity contribution in [3.63, 3.8) is 0 Å². The molecule has 1 aromatic heterocycles. The zero-order valence-corrected chi connectivity index (χ0v) is 13.1. The van der Waals surface area contributed by atoms with Gasteiger partial charge >= 0.3 is 0 Å². The topological polar surface area (TPSA) is 66.5 Å². The number of hydrogen-bond donors (Lipinski definition) is 2. The van der Waals surface area contributed by atoms with Gasteiger partial charge in [-0.05, 0) is 30.3 Å². The number of amides is 1. The van der Waals surface area contributed by atoms with Crippen LogP contribution in [-0.4, -0.2) is 24.2 Å². The van der Waals surface area contributed by atoms with Crippen LogP contribution in [0.15, 0.2) is 53.6 Å². The summed E-state index contributed by atoms with van der Waals surface area (Å²) < 4.78 is 5.05. The number of para-hydroxylation sites is 1. The van der Waals surface area contributed by atoms with Crippen molar-refractivity contribution in [1.82, 2.24) is 10.4 Å². The maximum atomic E-state index is 12.0. The summed E-state index contributed by atoms with van der Waals surface area (Å²) in [6.45, 7) is 0. The molecule has 0 atom stereocenters. The van der Waals surface area contributed by atoms with E-state index in [0.717, 1.165) is 16.5 Å². The lowest BCUT2D eigenvalue weighted by Crippen LogP contribution is -2.17. The smallest absolute Gasteiger partial charge is 0.271 e. The number of hydrazone groups is 1. The molecule has 0 aliphatic carbocycles. The standard InChI is InChI=1S/C17H14ClN3O2/c1-23-12-8-6-11(7-9-12)17(22)21-19-10-14-13-4-2-3-5-15(13)20-16(14)18/h2-10,20H,1H3,(H,21,22)/b19-10-. The number of ether oxygens (including phenoxy) is 1. The molecule has 23 heavy (non-hydrogen) atoms. The lowest BCUT2D eigenvalue weighted by atomic mass is 10.2. The van der Waals surface area contributed by atoms with Gasteiger partial charge in [0.05, 0.1) is 13.3 Å². The fraction of sp³-hybridized carbons (Fsp3) is 0.0588. The Morgan fingerprint density at radius 2 is 1.96 bits per heavy atom. The number of nitrogens with zero attached hydrogens (tertiary/aromatic N) is 1. The van der Waals surface area contributed by atoms with Crippen LogP contribution in [0.5, 0.6) is 5.75 Å². The van der Waals surface area contributed by atoms with Crippen molar-refractivity contribution in [3.8, 4) is 5.75 Å². The second-order valence-corrected chi connectivity index (χ2v) is 5.20. The summed E-state index contributed by atoms with van der Waals surface area (Å²) in [5.74, 6) is 0.385. The molecule has 116 valence electrons. The average Bonchev–Trinajstić information content (AvgIpc) is 2.90. The molecular weight excluding hydrogens is 314 g/mol. The number of benzene rings is 2. The van der Waals surface area contributed by atoms with Crippen LogP contribution in [0.2, 0.25) is 5.15 Å². The highest BCUT2D eigenvalue weighted by molar-refractivity contribution is 6.34. The summed E-state index contributed by atoms with van der Waals surface area (Å²) in [5.41, 5.74) is 4.63. The number of halogens is 1. The third kappa shape index (κ3) is 3.19. The first kappa shape index (κ1) is 15.1. The number of nitrogens with one attached hydrogen (secondary N) is 2. The summed E-state index contributed by atoms with van der Waals surface area (Å²) in [4.78, 5) is 15.1. The number of aromatic nitrogens is 1. The minimum absolute atomic E-state index is 0.306. The Bertz CT molecular complexity index is 869. The van der Waals surface area contributed by atoms with Crippen molar-refractivity contribution in [2.24, 2.45) is 5.10 Å². The zero-order chi connectivity index (χ0) is 16.2. The summed E-state index contributed by atoms with van der Waals surface area (Å²) in [5, 5.41) is 5.41. The van der Waals surface area contributed by atoms with Gasteiger partial charge in [-0.2, -0.15) is 5.10 Å². The lowest BCUT2D eigenvalue weighted by molar-refractivity contribution is 0.0955. The predicted octanol–water partition coefficient (Wildman–Crippen LogP) is 3.59. The molecule has 0 unspecified atom stereocenters. The van der Waals surface area contributed by atoms with Crippen molar-refractivity contribution in [2.45, 2.75) is 0 Å². The Kier molecular flexibility index (Phi) is 4.30. The Labute approximate surface area is 137 Å². The number of hydrogen-bond acceptors (Lipinski definition) is 3. The van der Waals surface area contributed by atoms with E-state index in [0.29, 0.717) is 16.5 Å². The fourth-order valence-corrected chi connectivity index (χ4v) is 2.47. The Balaban J connectivity index is 1.74. The van der Waals surface area contributed by atoms with Gasteiger partial charge in [-0.1, -0.05) is 29.8 Å². The van der Waals surface area contributed by atoms with Gasteiger partial charge in [0, 0.05) is 22.0 Å². The van der Waals surface area contributed by atoms with Crippen LogP contribution in [-0.2, 0) is 0 Å². The van der Waals surface area contributed by atoms with Crippen molar-refractivity contribution in [2.75, 3.05) is 7.11 Å². The number of carbonyl (C=O) groups is 1. The number of aromatic amines is 1. The van der Waals surface area contributed by atoms with E-state index in [9.17, 15) is 4.79 Å². The van der Waals surface area contributed by atoms with Gasteiger partial charge in [-0.15, -0.1) is 0 Å². The van der Waals surface area contributed by atoms with Gasteiger partial charge in [0.15, 0.2) is 0 Å². The normalized spacial score (nSPS) is 11.0. The highest BCUT2D eigenvalue weighted by Gasteiger charge is 2.08. The maximum absolute atomic E-state index is 12.0. The molecule has 0 spiro atoms. The molecule has 6 heteroatoms. The Morgan fingerprint density at radius 3 is 2.70 bits per heavy atom. The van der Waals surface area contributed by atoms with Gasteiger partial charge in [-0.25, -0.2) is 5.43 Å². The SMILES string of the molecule is COc1ccc(C(=O)N/N=C\c2c(Cl)[nH]c3ccccc23)cc1. The second kappa shape index (κ2) is 6.54. The van der Waals surface area contributed by atoms with Crippen molar-refractivity contribution < 1.29 is 9.53 Å². The predicted molar refractivity (Wildman–Crippen MR) is 91.4 cm³/mol. The van der Waals surface area contributed by atoms with E-state index in [4.69, 9.17) is 16.3 Å². The van der Waals surface area contributed by atoms with E-state index < -0.39 is 0 Å². The van der Waals surface area contributed by atoms with Crippen LogP contribution in [0, 0.1) is 0 Å². The maximum Gasteiger partial charge on any atom is 0.271 e. The monoisotopic (exact) mass is 327 g/mol. The van der Waals surface area contributed by atoms with E-state index in [1.54, 1.807) is 31.4 Å². The Hall–Kier alpha value is -2.79. The van der Waals surface area contributed by atoms with Gasteiger partial charge in [0.25, 0.3) is 5.91 Å². The van der Waals surface area contributed by atoms with Crippen LogP contribution in [0.1, 0.15) is 15.9 Å². The van der Waals surface area contributed by atoms with Gasteiger partial charge in [0.1, 0.15) is 10.9 Å². The molecule has 3 aromatic rings. The van der Waals surface area contributed by atoms with E-state index >= 15 is 0 Å². The third-order valence-electron chi connectivity index (χ3n) is 3.41. The number of fused-ring (bicyclic) bond motifs is 1. The molecular formula is C17H14ClN3O2. The molecule has 1 heterocycles. The molecule has 0 saturated carbocycles. The average molecular weight is 328 g/mol. The number of carbonyl (C=O) groups excluding carboxylic acids is 1. The van der Waals surface area contributed by atoms with Crippen LogP contribution in [0.4, 0.5) is 0 Å². The number of methoxy groups -OCH3 is 1. The van der Waals surface area contributed by atoms with E-state index in [1.807, 2.05) is 24.3 Å². The fourth-order valence-electron chi connectivity index (χ4n) is 2.22. The number of H-pyrrole nitrogens is 1. The molecule has 0 radical (unpaired) electrons. The highest BCUT2D eigenvalue weighted by atomic mass is 35.5. The molecule has 0 bridgehead atoms. The molecule has 0 aliphatic rings. The second-order valence-electron chi connectivity index (χ2n) is 4.83. The molecule has 5 nitrogen and oxygen atoms in total.